The summed E-state index contributed by atoms with van der Waals surface area (Å²) in [6.45, 7) is 1.20. The number of nitrogens with zero attached hydrogens (tertiary/aromatic N) is 2. The van der Waals surface area contributed by atoms with Crippen molar-refractivity contribution in [3.8, 4) is 0 Å². The topological polar surface area (TPSA) is 34.5 Å². The number of hydrogen-bond donors (Lipinski definition) is 0. The standard InChI is InChI=1S/C12H8Cl2N2O.Pd/c13-9-7-3-1-2-4-8(7)16-11(10(9)14)12-15-5-6-17-12;/h1-4H,5-6H2;/q;+2. The molecule has 1 aromatic carbocycles. The van der Waals surface area contributed by atoms with Crippen molar-refractivity contribution in [3.05, 3.63) is 40.0 Å². The monoisotopic (exact) mass is 372 g/mol. The van der Waals surface area contributed by atoms with E-state index in [2.05, 4.69) is 9.98 Å². The van der Waals surface area contributed by atoms with Crippen molar-refractivity contribution in [1.29, 1.82) is 0 Å². The molecule has 3 nitrogen and oxygen atoms in total. The van der Waals surface area contributed by atoms with Gasteiger partial charge in [-0.15, -0.1) is 0 Å². The molecular weight excluding hydrogens is 365 g/mol. The molecule has 0 saturated carbocycles. The maximum absolute atomic E-state index is 6.23. The summed E-state index contributed by atoms with van der Waals surface area (Å²) < 4.78 is 5.37. The first-order chi connectivity index (χ1) is 8.27. The van der Waals surface area contributed by atoms with E-state index in [0.29, 0.717) is 34.8 Å². The Hall–Kier alpha value is -0.658. The summed E-state index contributed by atoms with van der Waals surface area (Å²) in [6.07, 6.45) is 0. The maximum Gasteiger partial charge on any atom is 2.00 e. The Morgan fingerprint density at radius 1 is 1.11 bits per heavy atom. The quantitative estimate of drug-likeness (QED) is 0.719. The Morgan fingerprint density at radius 3 is 2.61 bits per heavy atom. The van der Waals surface area contributed by atoms with E-state index in [1.807, 2.05) is 24.3 Å². The van der Waals surface area contributed by atoms with Gasteiger partial charge in [0.05, 0.1) is 22.1 Å². The average Bonchev–Trinajstić information content (AvgIpc) is 2.87. The summed E-state index contributed by atoms with van der Waals surface area (Å²) in [7, 11) is 0. The van der Waals surface area contributed by atoms with Crippen LogP contribution in [0, 0.1) is 0 Å². The average molecular weight is 374 g/mol. The van der Waals surface area contributed by atoms with E-state index >= 15 is 0 Å². The number of hydrogen-bond acceptors (Lipinski definition) is 3. The van der Waals surface area contributed by atoms with Crippen LogP contribution >= 0.6 is 23.2 Å². The number of fused-ring (bicyclic) bond motifs is 1. The number of ether oxygens (including phenoxy) is 1. The Balaban J connectivity index is 0.00000120. The minimum absolute atomic E-state index is 0. The summed E-state index contributed by atoms with van der Waals surface area (Å²) in [5.74, 6) is 0.475. The summed E-state index contributed by atoms with van der Waals surface area (Å²) in [6, 6.07) is 7.57. The molecule has 0 atom stereocenters. The SMILES string of the molecule is Clc1c(C2=NCCO2)nc2ccccc2c1Cl.[Pd+2]. The van der Waals surface area contributed by atoms with Gasteiger partial charge in [0.15, 0.2) is 0 Å². The zero-order chi connectivity index (χ0) is 11.8. The van der Waals surface area contributed by atoms with Gasteiger partial charge in [-0.05, 0) is 6.07 Å². The molecule has 94 valence electrons. The number of aliphatic imine (C=N–C) groups is 1. The third-order valence-corrected chi connectivity index (χ3v) is 3.42. The molecule has 0 aliphatic carbocycles. The van der Waals surface area contributed by atoms with E-state index in [1.54, 1.807) is 0 Å². The molecule has 0 amide bonds. The minimum atomic E-state index is 0. The molecule has 2 aromatic rings. The van der Waals surface area contributed by atoms with E-state index in [9.17, 15) is 0 Å². The second-order valence-corrected chi connectivity index (χ2v) is 4.40. The zero-order valence-corrected chi connectivity index (χ0v) is 12.2. The van der Waals surface area contributed by atoms with Crippen molar-refractivity contribution in [1.82, 2.24) is 4.98 Å². The Bertz CT molecular complexity index is 631. The van der Waals surface area contributed by atoms with E-state index in [0.717, 1.165) is 10.9 Å². The maximum atomic E-state index is 6.23. The van der Waals surface area contributed by atoms with Gasteiger partial charge < -0.3 is 4.74 Å². The molecule has 0 fully saturated rings. The van der Waals surface area contributed by atoms with Crippen LogP contribution in [0.25, 0.3) is 10.9 Å². The molecule has 1 aromatic heterocycles. The van der Waals surface area contributed by atoms with E-state index < -0.39 is 0 Å². The normalized spacial score (nSPS) is 14.0. The molecule has 0 radical (unpaired) electrons. The third-order valence-electron chi connectivity index (χ3n) is 2.56. The van der Waals surface area contributed by atoms with Gasteiger partial charge >= 0.3 is 20.4 Å². The minimum Gasteiger partial charge on any atom is -0.474 e. The fourth-order valence-electron chi connectivity index (χ4n) is 1.77. The molecule has 6 heteroatoms. The molecule has 18 heavy (non-hydrogen) atoms. The van der Waals surface area contributed by atoms with E-state index in [4.69, 9.17) is 27.9 Å². The molecular formula is C12H8Cl2N2OPd+2. The summed E-state index contributed by atoms with van der Waals surface area (Å²) >= 11 is 12.4. The van der Waals surface area contributed by atoms with Gasteiger partial charge in [-0.25, -0.2) is 9.98 Å². The van der Waals surface area contributed by atoms with Gasteiger partial charge in [-0.1, -0.05) is 41.4 Å². The number of rotatable bonds is 1. The molecule has 3 rings (SSSR count). The first-order valence-corrected chi connectivity index (χ1v) is 5.94. The molecule has 2 heterocycles. The van der Waals surface area contributed by atoms with Gasteiger partial charge in [0, 0.05) is 5.39 Å². The van der Waals surface area contributed by atoms with Gasteiger partial charge in [0.1, 0.15) is 12.3 Å². The largest absolute Gasteiger partial charge is 2.00 e. The van der Waals surface area contributed by atoms with Crippen LogP contribution in [-0.2, 0) is 25.2 Å². The Kier molecular flexibility index (Phi) is 4.24. The molecule has 1 aliphatic heterocycles. The predicted octanol–water partition coefficient (Wildman–Crippen LogP) is 3.32. The first kappa shape index (κ1) is 13.8. The zero-order valence-electron chi connectivity index (χ0n) is 9.10. The second kappa shape index (κ2) is 5.54. The Labute approximate surface area is 128 Å². The first-order valence-electron chi connectivity index (χ1n) is 5.19. The van der Waals surface area contributed by atoms with Crippen LogP contribution in [0.5, 0.6) is 0 Å². The second-order valence-electron chi connectivity index (χ2n) is 3.64. The van der Waals surface area contributed by atoms with Gasteiger partial charge in [-0.2, -0.15) is 0 Å². The number of benzene rings is 1. The van der Waals surface area contributed by atoms with Crippen LogP contribution in [0.1, 0.15) is 5.69 Å². The molecule has 0 N–H and O–H groups in total. The van der Waals surface area contributed by atoms with Crippen molar-refractivity contribution >= 4 is 40.0 Å². The van der Waals surface area contributed by atoms with Crippen LogP contribution in [-0.4, -0.2) is 24.0 Å². The molecule has 1 aliphatic rings. The van der Waals surface area contributed by atoms with Crippen molar-refractivity contribution in [3.63, 3.8) is 0 Å². The van der Waals surface area contributed by atoms with Crippen molar-refractivity contribution in [2.75, 3.05) is 13.2 Å². The van der Waals surface area contributed by atoms with Crippen LogP contribution in [0.3, 0.4) is 0 Å². The number of halogens is 2. The number of pyridine rings is 1. The van der Waals surface area contributed by atoms with Crippen molar-refractivity contribution < 1.29 is 25.2 Å². The summed E-state index contributed by atoms with van der Waals surface area (Å²) in [5.41, 5.74) is 1.31. The van der Waals surface area contributed by atoms with Crippen molar-refractivity contribution in [2.45, 2.75) is 0 Å². The van der Waals surface area contributed by atoms with Crippen LogP contribution in [0.4, 0.5) is 0 Å². The number of aromatic nitrogens is 1. The molecule has 0 bridgehead atoms. The van der Waals surface area contributed by atoms with Crippen LogP contribution < -0.4 is 0 Å². The third kappa shape index (κ3) is 2.26. The van der Waals surface area contributed by atoms with Gasteiger partial charge in [0.2, 0.25) is 5.90 Å². The fraction of sp³-hybridized carbons (Fsp3) is 0.167. The van der Waals surface area contributed by atoms with E-state index in [1.165, 1.54) is 0 Å². The fourth-order valence-corrected chi connectivity index (χ4v) is 2.24. The Morgan fingerprint density at radius 2 is 1.89 bits per heavy atom. The molecule has 0 unspecified atom stereocenters. The predicted molar refractivity (Wildman–Crippen MR) is 69.1 cm³/mol. The van der Waals surface area contributed by atoms with Gasteiger partial charge in [0.25, 0.3) is 0 Å². The number of para-hydroxylation sites is 1. The van der Waals surface area contributed by atoms with Crippen LogP contribution in [0.2, 0.25) is 10.0 Å². The smallest absolute Gasteiger partial charge is 0.474 e. The van der Waals surface area contributed by atoms with Crippen molar-refractivity contribution in [2.24, 2.45) is 4.99 Å². The van der Waals surface area contributed by atoms with E-state index in [-0.39, 0.29) is 20.4 Å². The molecule has 0 spiro atoms. The van der Waals surface area contributed by atoms with Gasteiger partial charge in [-0.3, -0.25) is 0 Å². The molecule has 0 saturated heterocycles. The van der Waals surface area contributed by atoms with Crippen LogP contribution in [0.15, 0.2) is 29.3 Å². The summed E-state index contributed by atoms with van der Waals surface area (Å²) in [4.78, 5) is 8.65. The summed E-state index contributed by atoms with van der Waals surface area (Å²) in [5, 5.41) is 1.72.